The van der Waals surface area contributed by atoms with Gasteiger partial charge >= 0.3 is 0 Å². The molecule has 2 rings (SSSR count). The van der Waals surface area contributed by atoms with Crippen molar-refractivity contribution < 1.29 is 9.84 Å². The van der Waals surface area contributed by atoms with E-state index in [4.69, 9.17) is 17.0 Å². The zero-order valence-corrected chi connectivity index (χ0v) is 9.83. The lowest BCUT2D eigenvalue weighted by molar-refractivity contribution is 0.0482. The van der Waals surface area contributed by atoms with E-state index in [0.29, 0.717) is 18.2 Å². The molecular weight excluding hydrogens is 224 g/mol. The number of aliphatic hydroxyl groups is 1. The smallest absolute Gasteiger partial charge is 0.173 e. The third-order valence-corrected chi connectivity index (χ3v) is 2.86. The number of thiocarbonyl (C=S) groups is 1. The summed E-state index contributed by atoms with van der Waals surface area (Å²) in [5, 5.41) is 12.9. The number of nitrogens with zero attached hydrogens (tertiary/aromatic N) is 1. The predicted octanol–water partition coefficient (Wildman–Crippen LogP) is 1.07. The third-order valence-electron chi connectivity index (χ3n) is 2.50. The van der Waals surface area contributed by atoms with Gasteiger partial charge in [0.2, 0.25) is 0 Å². The van der Waals surface area contributed by atoms with Gasteiger partial charge in [-0.3, -0.25) is 0 Å². The number of para-hydroxylation sites is 2. The molecule has 5 heteroatoms. The minimum Gasteiger partial charge on any atom is -0.495 e. The first-order chi connectivity index (χ1) is 7.70. The van der Waals surface area contributed by atoms with Crippen LogP contribution in [0.5, 0.6) is 5.75 Å². The maximum atomic E-state index is 9.18. The lowest BCUT2D eigenvalue weighted by atomic mass is 10.2. The first-order valence-electron chi connectivity index (χ1n) is 5.07. The van der Waals surface area contributed by atoms with E-state index in [9.17, 15) is 5.11 Å². The first kappa shape index (κ1) is 11.2. The van der Waals surface area contributed by atoms with Crippen LogP contribution in [0.1, 0.15) is 0 Å². The highest BCUT2D eigenvalue weighted by atomic mass is 32.1. The summed E-state index contributed by atoms with van der Waals surface area (Å²) in [5.41, 5.74) is 0.844. The fraction of sp³-hybridized carbons (Fsp3) is 0.364. The van der Waals surface area contributed by atoms with Gasteiger partial charge in [-0.05, 0) is 24.4 Å². The van der Waals surface area contributed by atoms with E-state index in [0.717, 1.165) is 11.4 Å². The first-order valence-corrected chi connectivity index (χ1v) is 5.48. The van der Waals surface area contributed by atoms with E-state index >= 15 is 0 Å². The highest BCUT2D eigenvalue weighted by Gasteiger charge is 2.26. The maximum absolute atomic E-state index is 9.18. The summed E-state index contributed by atoms with van der Waals surface area (Å²) >= 11 is 5.22. The molecule has 2 N–H and O–H groups in total. The number of rotatable bonds is 2. The average Bonchev–Trinajstić information content (AvgIpc) is 2.25. The van der Waals surface area contributed by atoms with Gasteiger partial charge in [-0.2, -0.15) is 0 Å². The second kappa shape index (κ2) is 4.67. The van der Waals surface area contributed by atoms with Crippen LogP contribution in [0, 0.1) is 0 Å². The second-order valence-corrected chi connectivity index (χ2v) is 4.08. The van der Waals surface area contributed by atoms with Gasteiger partial charge in [-0.25, -0.2) is 0 Å². The Labute approximate surface area is 99.8 Å². The van der Waals surface area contributed by atoms with Gasteiger partial charge in [-0.1, -0.05) is 12.1 Å². The van der Waals surface area contributed by atoms with E-state index < -0.39 is 0 Å². The molecular formula is C11H14N2O2S. The third kappa shape index (κ3) is 2.25. The molecule has 1 aromatic rings. The topological polar surface area (TPSA) is 44.7 Å². The minimum atomic E-state index is -0.252. The molecule has 1 aromatic carbocycles. The van der Waals surface area contributed by atoms with Crippen molar-refractivity contribution in [1.29, 1.82) is 0 Å². The van der Waals surface area contributed by atoms with Crippen LogP contribution in [0.2, 0.25) is 0 Å². The molecule has 4 nitrogen and oxygen atoms in total. The summed E-state index contributed by atoms with van der Waals surface area (Å²) in [4.78, 5) is 1.91. The monoisotopic (exact) mass is 238 g/mol. The molecule has 0 amide bonds. The maximum Gasteiger partial charge on any atom is 0.173 e. The van der Waals surface area contributed by atoms with Crippen LogP contribution >= 0.6 is 12.2 Å². The Morgan fingerprint density at radius 2 is 2.19 bits per heavy atom. The summed E-state index contributed by atoms with van der Waals surface area (Å²) < 4.78 is 5.21. The Balaban J connectivity index is 2.00. The zero-order valence-electron chi connectivity index (χ0n) is 9.01. The molecule has 0 aromatic heterocycles. The van der Waals surface area contributed by atoms with Crippen molar-refractivity contribution in [3.05, 3.63) is 24.3 Å². The molecule has 1 heterocycles. The number of hydrogen-bond acceptors (Lipinski definition) is 3. The molecule has 0 spiro atoms. The van der Waals surface area contributed by atoms with E-state index in [1.54, 1.807) is 7.11 Å². The van der Waals surface area contributed by atoms with E-state index in [2.05, 4.69) is 5.32 Å². The van der Waals surface area contributed by atoms with Crippen molar-refractivity contribution in [1.82, 2.24) is 4.90 Å². The normalized spacial score (nSPS) is 15.5. The summed E-state index contributed by atoms with van der Waals surface area (Å²) in [6.45, 7) is 1.20. The number of β-amino-alcohol motifs (C(OH)–C–C–N with tert-alkyl or cyclic N) is 1. The standard InChI is InChI=1S/C11H14N2O2S/c1-15-10-5-3-2-4-9(10)12-11(16)13-6-8(14)7-13/h2-5,8,14H,6-7H2,1H3,(H,12,16). The Bertz CT molecular complexity index is 391. The number of ether oxygens (including phenoxy) is 1. The average molecular weight is 238 g/mol. The highest BCUT2D eigenvalue weighted by molar-refractivity contribution is 7.80. The van der Waals surface area contributed by atoms with Crippen LogP contribution in [0.15, 0.2) is 24.3 Å². The van der Waals surface area contributed by atoms with Gasteiger partial charge in [0.15, 0.2) is 5.11 Å². The largest absolute Gasteiger partial charge is 0.495 e. The molecule has 0 atom stereocenters. The molecule has 0 unspecified atom stereocenters. The van der Waals surface area contributed by atoms with Crippen molar-refractivity contribution in [3.8, 4) is 5.75 Å². The molecule has 0 saturated carbocycles. The van der Waals surface area contributed by atoms with Crippen molar-refractivity contribution in [2.75, 3.05) is 25.5 Å². The van der Waals surface area contributed by atoms with E-state index in [1.165, 1.54) is 0 Å². The van der Waals surface area contributed by atoms with Crippen molar-refractivity contribution >= 4 is 23.0 Å². The summed E-state index contributed by atoms with van der Waals surface area (Å²) in [7, 11) is 1.62. The summed E-state index contributed by atoms with van der Waals surface area (Å²) in [5.74, 6) is 0.755. The fourth-order valence-corrected chi connectivity index (χ4v) is 1.82. The number of benzene rings is 1. The molecule has 1 aliphatic rings. The second-order valence-electron chi connectivity index (χ2n) is 3.69. The molecule has 1 aliphatic heterocycles. The number of aliphatic hydroxyl groups excluding tert-OH is 1. The quantitative estimate of drug-likeness (QED) is 0.755. The van der Waals surface area contributed by atoms with Crippen LogP contribution in [-0.4, -0.2) is 41.4 Å². The van der Waals surface area contributed by atoms with E-state index in [1.807, 2.05) is 29.2 Å². The van der Waals surface area contributed by atoms with Crippen LogP contribution in [-0.2, 0) is 0 Å². The minimum absolute atomic E-state index is 0.252. The Morgan fingerprint density at radius 1 is 1.50 bits per heavy atom. The Hall–Kier alpha value is -1.33. The molecule has 16 heavy (non-hydrogen) atoms. The Morgan fingerprint density at radius 3 is 2.81 bits per heavy atom. The molecule has 86 valence electrons. The number of anilines is 1. The van der Waals surface area contributed by atoms with Crippen molar-refractivity contribution in [3.63, 3.8) is 0 Å². The van der Waals surface area contributed by atoms with Crippen LogP contribution in [0.3, 0.4) is 0 Å². The van der Waals surface area contributed by atoms with Gasteiger partial charge in [-0.15, -0.1) is 0 Å². The molecule has 0 aliphatic carbocycles. The van der Waals surface area contributed by atoms with Crippen molar-refractivity contribution in [2.45, 2.75) is 6.10 Å². The molecule has 0 radical (unpaired) electrons. The van der Waals surface area contributed by atoms with Crippen molar-refractivity contribution in [2.24, 2.45) is 0 Å². The number of methoxy groups -OCH3 is 1. The van der Waals surface area contributed by atoms with Gasteiger partial charge in [0, 0.05) is 13.1 Å². The van der Waals surface area contributed by atoms with Gasteiger partial charge in [0.05, 0.1) is 18.9 Å². The number of nitrogens with one attached hydrogen (secondary N) is 1. The summed E-state index contributed by atoms with van der Waals surface area (Å²) in [6.07, 6.45) is -0.252. The molecule has 1 saturated heterocycles. The van der Waals surface area contributed by atoms with Crippen LogP contribution in [0.4, 0.5) is 5.69 Å². The lowest BCUT2D eigenvalue weighted by Crippen LogP contribution is -2.54. The van der Waals surface area contributed by atoms with Crippen LogP contribution in [0.25, 0.3) is 0 Å². The SMILES string of the molecule is COc1ccccc1NC(=S)N1CC(O)C1. The molecule has 0 bridgehead atoms. The highest BCUT2D eigenvalue weighted by Crippen LogP contribution is 2.24. The number of likely N-dealkylation sites (tertiary alicyclic amines) is 1. The zero-order chi connectivity index (χ0) is 11.5. The lowest BCUT2D eigenvalue weighted by Gasteiger charge is -2.37. The predicted molar refractivity (Wildman–Crippen MR) is 66.8 cm³/mol. The molecule has 1 fully saturated rings. The van der Waals surface area contributed by atoms with Crippen LogP contribution < -0.4 is 10.1 Å². The van der Waals surface area contributed by atoms with Gasteiger partial charge in [0.1, 0.15) is 5.75 Å². The van der Waals surface area contributed by atoms with Gasteiger partial charge in [0.25, 0.3) is 0 Å². The van der Waals surface area contributed by atoms with E-state index in [-0.39, 0.29) is 6.10 Å². The number of hydrogen-bond donors (Lipinski definition) is 2. The van der Waals surface area contributed by atoms with Gasteiger partial charge < -0.3 is 20.1 Å². The fourth-order valence-electron chi connectivity index (χ4n) is 1.56. The Kier molecular flexibility index (Phi) is 3.26. The summed E-state index contributed by atoms with van der Waals surface area (Å²) in [6, 6.07) is 7.59.